The van der Waals surface area contributed by atoms with Crippen LogP contribution >= 0.6 is 23.4 Å². The van der Waals surface area contributed by atoms with Gasteiger partial charge in [0.15, 0.2) is 0 Å². The molecule has 0 aliphatic rings. The second-order valence-corrected chi connectivity index (χ2v) is 7.01. The van der Waals surface area contributed by atoms with Gasteiger partial charge in [-0.1, -0.05) is 23.7 Å². The van der Waals surface area contributed by atoms with Crippen molar-refractivity contribution in [2.45, 2.75) is 10.8 Å². The van der Waals surface area contributed by atoms with Gasteiger partial charge in [0.1, 0.15) is 5.03 Å². The van der Waals surface area contributed by atoms with Crippen molar-refractivity contribution >= 4 is 40.9 Å². The van der Waals surface area contributed by atoms with Gasteiger partial charge in [0.2, 0.25) is 0 Å². The summed E-state index contributed by atoms with van der Waals surface area (Å²) in [5, 5.41) is 13.1. The minimum Gasteiger partial charge on any atom is -0.478 e. The first-order valence-corrected chi connectivity index (χ1v) is 9.36. The lowest BCUT2D eigenvalue weighted by atomic mass is 10.1. The summed E-state index contributed by atoms with van der Waals surface area (Å²) in [5.41, 5.74) is 2.34. The molecule has 2 N–H and O–H groups in total. The molecule has 0 aliphatic carbocycles. The Morgan fingerprint density at radius 3 is 2.41 bits per heavy atom. The third kappa shape index (κ3) is 5.09. The van der Waals surface area contributed by atoms with Gasteiger partial charge in [0.25, 0.3) is 5.91 Å². The minimum absolute atomic E-state index is 0.182. The van der Waals surface area contributed by atoms with E-state index in [0.717, 1.165) is 5.56 Å². The van der Waals surface area contributed by atoms with E-state index in [0.29, 0.717) is 27.1 Å². The molecular weight excluding hydrogens is 384 g/mol. The first-order valence-electron chi connectivity index (χ1n) is 8.00. The fraction of sp³-hybridized carbons (Fsp3) is 0.0500. The van der Waals surface area contributed by atoms with E-state index >= 15 is 0 Å². The Hall–Kier alpha value is -2.83. The van der Waals surface area contributed by atoms with Crippen LogP contribution in [0.4, 0.5) is 5.69 Å². The van der Waals surface area contributed by atoms with Gasteiger partial charge in [-0.05, 0) is 54.1 Å². The Balaban J connectivity index is 1.62. The van der Waals surface area contributed by atoms with E-state index in [1.54, 1.807) is 48.7 Å². The number of thioether (sulfide) groups is 1. The molecule has 0 radical (unpaired) electrons. The van der Waals surface area contributed by atoms with Crippen molar-refractivity contribution in [3.63, 3.8) is 0 Å². The molecule has 7 heteroatoms. The first kappa shape index (κ1) is 18.9. The van der Waals surface area contributed by atoms with E-state index in [4.69, 9.17) is 11.6 Å². The number of nitrogens with zero attached hydrogens (tertiary/aromatic N) is 1. The van der Waals surface area contributed by atoms with Gasteiger partial charge >= 0.3 is 5.97 Å². The molecule has 1 amide bonds. The van der Waals surface area contributed by atoms with E-state index in [2.05, 4.69) is 10.3 Å². The van der Waals surface area contributed by atoms with Crippen LogP contribution in [0, 0.1) is 0 Å². The molecular formula is C20H15ClN2O3S. The topological polar surface area (TPSA) is 79.3 Å². The van der Waals surface area contributed by atoms with Crippen LogP contribution in [0.25, 0.3) is 0 Å². The summed E-state index contributed by atoms with van der Waals surface area (Å²) in [6, 6.07) is 17.2. The van der Waals surface area contributed by atoms with Crippen LogP contribution in [0.5, 0.6) is 0 Å². The number of aromatic nitrogens is 1. The summed E-state index contributed by atoms with van der Waals surface area (Å²) < 4.78 is 0. The molecule has 27 heavy (non-hydrogen) atoms. The fourth-order valence-electron chi connectivity index (χ4n) is 2.31. The van der Waals surface area contributed by atoms with Crippen LogP contribution in [0.3, 0.4) is 0 Å². The van der Waals surface area contributed by atoms with Crippen molar-refractivity contribution in [2.75, 3.05) is 5.32 Å². The number of hydrogen-bond donors (Lipinski definition) is 2. The molecule has 0 fully saturated rings. The van der Waals surface area contributed by atoms with E-state index in [1.807, 2.05) is 12.1 Å². The van der Waals surface area contributed by atoms with Crippen molar-refractivity contribution in [3.05, 3.63) is 88.6 Å². The Kier molecular flexibility index (Phi) is 6.11. The number of amides is 1. The number of benzene rings is 2. The minimum atomic E-state index is -1.00. The summed E-state index contributed by atoms with van der Waals surface area (Å²) in [6.45, 7) is 0. The highest BCUT2D eigenvalue weighted by Gasteiger charge is 2.11. The van der Waals surface area contributed by atoms with Crippen molar-refractivity contribution < 1.29 is 14.7 Å². The smallest absolute Gasteiger partial charge is 0.338 e. The average molecular weight is 399 g/mol. The number of hydrogen-bond acceptors (Lipinski definition) is 4. The Morgan fingerprint density at radius 2 is 1.74 bits per heavy atom. The lowest BCUT2D eigenvalue weighted by Gasteiger charge is -2.07. The number of rotatable bonds is 6. The molecule has 0 unspecified atom stereocenters. The number of carboxylic acids is 1. The normalized spacial score (nSPS) is 10.4. The summed E-state index contributed by atoms with van der Waals surface area (Å²) in [7, 11) is 0. The number of carboxylic acid groups (broad SMARTS) is 1. The molecule has 0 spiro atoms. The Labute approximate surface area is 165 Å². The maximum Gasteiger partial charge on any atom is 0.338 e. The zero-order valence-corrected chi connectivity index (χ0v) is 15.6. The zero-order valence-electron chi connectivity index (χ0n) is 14.1. The van der Waals surface area contributed by atoms with Gasteiger partial charge in [0, 0.05) is 28.2 Å². The summed E-state index contributed by atoms with van der Waals surface area (Å²) in [5.74, 6) is -0.662. The van der Waals surface area contributed by atoms with Gasteiger partial charge in [-0.25, -0.2) is 9.78 Å². The summed E-state index contributed by atoms with van der Waals surface area (Å²) in [6.07, 6.45) is 1.57. The van der Waals surface area contributed by atoms with Crippen molar-refractivity contribution in [3.8, 4) is 0 Å². The number of halogens is 1. The number of anilines is 1. The molecule has 0 aliphatic heterocycles. The highest BCUT2D eigenvalue weighted by atomic mass is 35.5. The highest BCUT2D eigenvalue weighted by Crippen LogP contribution is 2.24. The van der Waals surface area contributed by atoms with Gasteiger partial charge < -0.3 is 10.4 Å². The van der Waals surface area contributed by atoms with Crippen molar-refractivity contribution in [1.82, 2.24) is 4.98 Å². The van der Waals surface area contributed by atoms with Gasteiger partial charge in [-0.3, -0.25) is 4.79 Å². The third-order valence-electron chi connectivity index (χ3n) is 3.70. The standard InChI is InChI=1S/C20H15ClN2O3S/c21-15-7-9-16(10-8-15)23-18(24)14-5-3-13(4-6-14)12-27-19-17(20(25)26)2-1-11-22-19/h1-11H,12H2,(H,23,24)(H,25,26). The van der Waals surface area contributed by atoms with Crippen LogP contribution in [0.15, 0.2) is 71.9 Å². The zero-order chi connectivity index (χ0) is 19.2. The second kappa shape index (κ2) is 8.70. The number of aromatic carboxylic acids is 1. The highest BCUT2D eigenvalue weighted by molar-refractivity contribution is 7.98. The third-order valence-corrected chi connectivity index (χ3v) is 5.02. The Morgan fingerprint density at radius 1 is 1.04 bits per heavy atom. The first-order chi connectivity index (χ1) is 13.0. The molecule has 136 valence electrons. The van der Waals surface area contributed by atoms with Gasteiger partial charge in [-0.15, -0.1) is 11.8 Å². The lowest BCUT2D eigenvalue weighted by molar-refractivity contribution is 0.0692. The number of nitrogens with one attached hydrogen (secondary N) is 1. The Bertz CT molecular complexity index is 960. The maximum atomic E-state index is 12.3. The largest absolute Gasteiger partial charge is 0.478 e. The van der Waals surface area contributed by atoms with E-state index in [1.165, 1.54) is 17.8 Å². The predicted octanol–water partition coefficient (Wildman–Crippen LogP) is 4.98. The molecule has 2 aromatic carbocycles. The lowest BCUT2D eigenvalue weighted by Crippen LogP contribution is -2.11. The van der Waals surface area contributed by atoms with E-state index in [9.17, 15) is 14.7 Å². The molecule has 0 saturated carbocycles. The molecule has 1 heterocycles. The SMILES string of the molecule is O=C(Nc1ccc(Cl)cc1)c1ccc(CSc2ncccc2C(=O)O)cc1. The van der Waals surface area contributed by atoms with Crippen LogP contribution in [-0.4, -0.2) is 22.0 Å². The molecule has 0 saturated heterocycles. The number of carbonyl (C=O) groups excluding carboxylic acids is 1. The maximum absolute atomic E-state index is 12.3. The molecule has 3 aromatic rings. The van der Waals surface area contributed by atoms with Crippen LogP contribution in [0.2, 0.25) is 5.02 Å². The van der Waals surface area contributed by atoms with Crippen LogP contribution in [0.1, 0.15) is 26.3 Å². The average Bonchev–Trinajstić information content (AvgIpc) is 2.68. The van der Waals surface area contributed by atoms with E-state index < -0.39 is 5.97 Å². The summed E-state index contributed by atoms with van der Waals surface area (Å²) >= 11 is 7.17. The van der Waals surface area contributed by atoms with Crippen LogP contribution < -0.4 is 5.32 Å². The fourth-order valence-corrected chi connectivity index (χ4v) is 3.38. The van der Waals surface area contributed by atoms with E-state index in [-0.39, 0.29) is 11.5 Å². The van der Waals surface area contributed by atoms with Gasteiger partial charge in [0.05, 0.1) is 5.56 Å². The molecule has 0 bridgehead atoms. The molecule has 3 rings (SSSR count). The van der Waals surface area contributed by atoms with Gasteiger partial charge in [-0.2, -0.15) is 0 Å². The second-order valence-electron chi connectivity index (χ2n) is 5.61. The number of pyridine rings is 1. The monoisotopic (exact) mass is 398 g/mol. The van der Waals surface area contributed by atoms with Crippen molar-refractivity contribution in [2.24, 2.45) is 0 Å². The van der Waals surface area contributed by atoms with Crippen molar-refractivity contribution in [1.29, 1.82) is 0 Å². The molecule has 5 nitrogen and oxygen atoms in total. The predicted molar refractivity (Wildman–Crippen MR) is 107 cm³/mol. The number of carbonyl (C=O) groups is 2. The molecule has 1 aromatic heterocycles. The molecule has 0 atom stereocenters. The quantitative estimate of drug-likeness (QED) is 0.572. The van der Waals surface area contributed by atoms with Crippen LogP contribution in [-0.2, 0) is 5.75 Å². The summed E-state index contributed by atoms with van der Waals surface area (Å²) in [4.78, 5) is 27.6.